The number of methoxy groups -OCH3 is 1. The van der Waals surface area contributed by atoms with Gasteiger partial charge in [-0.15, -0.1) is 0 Å². The lowest BCUT2D eigenvalue weighted by Gasteiger charge is -2.25. The number of sulfonamides is 1. The Balaban J connectivity index is 1.73. The molecule has 1 N–H and O–H groups in total. The highest BCUT2D eigenvalue weighted by Crippen LogP contribution is 2.36. The Morgan fingerprint density at radius 2 is 1.85 bits per heavy atom. The Kier molecular flexibility index (Phi) is 8.94. The third-order valence-electron chi connectivity index (χ3n) is 6.29. The van der Waals surface area contributed by atoms with Crippen molar-refractivity contribution >= 4 is 44.7 Å². The van der Waals surface area contributed by atoms with Crippen molar-refractivity contribution in [3.8, 4) is 5.75 Å². The van der Waals surface area contributed by atoms with E-state index in [-0.39, 0.29) is 29.1 Å². The minimum atomic E-state index is -4.44. The van der Waals surface area contributed by atoms with E-state index >= 15 is 4.39 Å². The predicted octanol–water partition coefficient (Wildman–Crippen LogP) is 7.20. The van der Waals surface area contributed by atoms with Gasteiger partial charge in [0.25, 0.3) is 10.0 Å². The first-order chi connectivity index (χ1) is 18.6. The molecule has 0 aliphatic heterocycles. The number of anilines is 2. The van der Waals surface area contributed by atoms with Gasteiger partial charge in [-0.2, -0.15) is 0 Å². The molecule has 0 amide bonds. The molecule has 0 spiro atoms. The molecule has 0 aliphatic rings. The van der Waals surface area contributed by atoms with Gasteiger partial charge in [-0.3, -0.25) is 0 Å². The monoisotopic (exact) mass is 588 g/mol. The summed E-state index contributed by atoms with van der Waals surface area (Å²) < 4.78 is 49.7. The fourth-order valence-corrected chi connectivity index (χ4v) is 6.17. The average Bonchev–Trinajstić information content (AvgIpc) is 2.93. The second-order valence-electron chi connectivity index (χ2n) is 8.76. The van der Waals surface area contributed by atoms with E-state index in [1.54, 1.807) is 31.4 Å². The second-order valence-corrected chi connectivity index (χ2v) is 11.4. The summed E-state index contributed by atoms with van der Waals surface area (Å²) in [5.41, 5.74) is 2.55. The molecule has 0 radical (unpaired) electrons. The fourth-order valence-electron chi connectivity index (χ4n) is 4.15. The van der Waals surface area contributed by atoms with Crippen LogP contribution in [0.4, 0.5) is 15.9 Å². The summed E-state index contributed by atoms with van der Waals surface area (Å²) >= 11 is 12.9. The maximum Gasteiger partial charge on any atom is 0.268 e. The van der Waals surface area contributed by atoms with Gasteiger partial charge in [0.15, 0.2) is 0 Å². The molecular weight excluding hydrogens is 562 g/mol. The van der Waals surface area contributed by atoms with Crippen LogP contribution in [0.3, 0.4) is 0 Å². The Bertz CT molecular complexity index is 1570. The number of nitrogens with one attached hydrogen (secondary N) is 1. The van der Waals surface area contributed by atoms with Gasteiger partial charge in [-0.05, 0) is 60.4 Å². The number of aryl methyl sites for hydroxylation is 1. The van der Waals surface area contributed by atoms with Crippen molar-refractivity contribution in [1.82, 2.24) is 9.97 Å². The van der Waals surface area contributed by atoms with Gasteiger partial charge in [-0.25, -0.2) is 27.1 Å². The van der Waals surface area contributed by atoms with Crippen LogP contribution in [0.15, 0.2) is 78.1 Å². The van der Waals surface area contributed by atoms with Crippen molar-refractivity contribution in [2.24, 2.45) is 0 Å². The van der Waals surface area contributed by atoms with Gasteiger partial charge in [-0.1, -0.05) is 54.4 Å². The van der Waals surface area contributed by atoms with Crippen LogP contribution in [0.1, 0.15) is 36.1 Å². The molecule has 11 heteroatoms. The van der Waals surface area contributed by atoms with E-state index in [0.29, 0.717) is 22.8 Å². The van der Waals surface area contributed by atoms with Crippen LogP contribution in [0.2, 0.25) is 10.0 Å². The van der Waals surface area contributed by atoms with E-state index in [1.165, 1.54) is 18.6 Å². The highest BCUT2D eigenvalue weighted by Gasteiger charge is 2.31. The highest BCUT2D eigenvalue weighted by atomic mass is 35.5. The molecule has 1 heterocycles. The average molecular weight is 590 g/mol. The van der Waals surface area contributed by atoms with Gasteiger partial charge in [0.05, 0.1) is 30.4 Å². The van der Waals surface area contributed by atoms with Gasteiger partial charge in [0.1, 0.15) is 28.6 Å². The summed E-state index contributed by atoms with van der Waals surface area (Å²) in [4.78, 5) is 7.43. The molecule has 0 bridgehead atoms. The van der Waals surface area contributed by atoms with E-state index in [4.69, 9.17) is 27.9 Å². The van der Waals surface area contributed by atoms with Crippen molar-refractivity contribution in [3.05, 3.63) is 106 Å². The van der Waals surface area contributed by atoms with Crippen molar-refractivity contribution in [1.29, 1.82) is 0 Å². The smallest absolute Gasteiger partial charge is 0.268 e. The Hall–Kier alpha value is -3.40. The summed E-state index contributed by atoms with van der Waals surface area (Å²) in [6.07, 6.45) is 3.28. The third-order valence-corrected chi connectivity index (χ3v) is 8.72. The van der Waals surface area contributed by atoms with Gasteiger partial charge < -0.3 is 10.1 Å². The van der Waals surface area contributed by atoms with E-state index in [9.17, 15) is 8.42 Å². The normalized spacial score (nSPS) is 12.2. The topological polar surface area (TPSA) is 84.4 Å². The quantitative estimate of drug-likeness (QED) is 0.211. The lowest BCUT2D eigenvalue weighted by Crippen LogP contribution is -2.32. The maximum atomic E-state index is 15.6. The molecule has 0 aliphatic carbocycles. The fraction of sp³-hybridized carbons (Fsp3) is 0.214. The molecule has 3 aromatic carbocycles. The molecule has 7 nitrogen and oxygen atoms in total. The first-order valence-electron chi connectivity index (χ1n) is 12.1. The zero-order chi connectivity index (χ0) is 28.2. The number of rotatable bonds is 10. The zero-order valence-corrected chi connectivity index (χ0v) is 23.9. The van der Waals surface area contributed by atoms with Crippen LogP contribution in [-0.2, 0) is 16.6 Å². The van der Waals surface area contributed by atoms with Crippen LogP contribution >= 0.6 is 23.2 Å². The van der Waals surface area contributed by atoms with Crippen LogP contribution in [0.5, 0.6) is 5.75 Å². The summed E-state index contributed by atoms with van der Waals surface area (Å²) in [5, 5.41) is 3.80. The van der Waals surface area contributed by atoms with Gasteiger partial charge in [0.2, 0.25) is 0 Å². The van der Waals surface area contributed by atoms with Crippen molar-refractivity contribution in [2.75, 3.05) is 16.7 Å². The molecule has 4 aromatic rings. The van der Waals surface area contributed by atoms with Crippen molar-refractivity contribution in [3.63, 3.8) is 0 Å². The Labute approximate surface area is 237 Å². The molecule has 0 saturated carbocycles. The molecule has 0 fully saturated rings. The lowest BCUT2D eigenvalue weighted by atomic mass is 10.0. The molecule has 39 heavy (non-hydrogen) atoms. The number of ether oxygens (including phenoxy) is 1. The first kappa shape index (κ1) is 28.6. The van der Waals surface area contributed by atoms with Crippen LogP contribution < -0.4 is 14.4 Å². The number of hydrogen-bond acceptors (Lipinski definition) is 6. The second kappa shape index (κ2) is 12.2. The van der Waals surface area contributed by atoms with E-state index in [2.05, 4.69) is 15.3 Å². The molecule has 0 unspecified atom stereocenters. The van der Waals surface area contributed by atoms with Crippen LogP contribution in [-0.4, -0.2) is 25.5 Å². The Morgan fingerprint density at radius 1 is 1.08 bits per heavy atom. The number of halogens is 3. The van der Waals surface area contributed by atoms with Gasteiger partial charge in [0, 0.05) is 17.3 Å². The van der Waals surface area contributed by atoms with Crippen LogP contribution in [0.25, 0.3) is 0 Å². The summed E-state index contributed by atoms with van der Waals surface area (Å²) in [6, 6.07) is 16.0. The number of aromatic nitrogens is 2. The van der Waals surface area contributed by atoms with Gasteiger partial charge >= 0.3 is 0 Å². The summed E-state index contributed by atoms with van der Waals surface area (Å²) in [7, 11) is -2.89. The molecule has 0 saturated heterocycles. The first-order valence-corrected chi connectivity index (χ1v) is 14.3. The molecule has 1 aromatic heterocycles. The Morgan fingerprint density at radius 3 is 2.49 bits per heavy atom. The standard InChI is InChI=1S/C28H27Cl2FN4O3S/c1-4-25(21-7-5-6-8-22(21)29)34-26-15-24(31)27(14-23(26)30)39(36,37)35(28-11-12-32-17-33-28)16-19-9-10-20(38-3)13-18(19)2/h5-15,17,25,34H,4,16H2,1-3H3/t25-/m0/s1. The number of hydrogen-bond donors (Lipinski definition) is 1. The zero-order valence-electron chi connectivity index (χ0n) is 21.5. The minimum absolute atomic E-state index is 0.0451. The number of nitrogens with zero attached hydrogens (tertiary/aromatic N) is 3. The molecule has 204 valence electrons. The lowest BCUT2D eigenvalue weighted by molar-refractivity contribution is 0.414. The maximum absolute atomic E-state index is 15.6. The third kappa shape index (κ3) is 6.27. The summed E-state index contributed by atoms with van der Waals surface area (Å²) in [6.45, 7) is 3.69. The minimum Gasteiger partial charge on any atom is -0.497 e. The van der Waals surface area contributed by atoms with E-state index in [1.807, 2.05) is 32.0 Å². The summed E-state index contributed by atoms with van der Waals surface area (Å²) in [5.74, 6) is -0.236. The van der Waals surface area contributed by atoms with E-state index in [0.717, 1.165) is 27.6 Å². The SMILES string of the molecule is CC[C@H](Nc1cc(F)c(S(=O)(=O)N(Cc2ccc(OC)cc2C)c2ccncn2)cc1Cl)c1ccccc1Cl. The number of benzene rings is 3. The molecule has 1 atom stereocenters. The van der Waals surface area contributed by atoms with E-state index < -0.39 is 20.7 Å². The largest absolute Gasteiger partial charge is 0.497 e. The predicted molar refractivity (Wildman–Crippen MR) is 153 cm³/mol. The van der Waals surface area contributed by atoms with Crippen molar-refractivity contribution < 1.29 is 17.5 Å². The highest BCUT2D eigenvalue weighted by molar-refractivity contribution is 7.92. The van der Waals surface area contributed by atoms with Crippen LogP contribution in [0, 0.1) is 12.7 Å². The van der Waals surface area contributed by atoms with Crippen molar-refractivity contribution in [2.45, 2.75) is 37.8 Å². The molecule has 4 rings (SSSR count). The molecular formula is C28H27Cl2FN4O3S.